The molecule has 1 amide bonds. The van der Waals surface area contributed by atoms with Crippen molar-refractivity contribution in [3.63, 3.8) is 0 Å². The lowest BCUT2D eigenvalue weighted by Crippen LogP contribution is -2.48. The zero-order valence-electron chi connectivity index (χ0n) is 10.6. The van der Waals surface area contributed by atoms with E-state index in [1.54, 1.807) is 0 Å². The minimum atomic E-state index is 0.201. The van der Waals surface area contributed by atoms with E-state index in [4.69, 9.17) is 5.73 Å². The second-order valence-corrected chi connectivity index (χ2v) is 5.94. The van der Waals surface area contributed by atoms with Gasteiger partial charge in [0.2, 0.25) is 5.91 Å². The van der Waals surface area contributed by atoms with Gasteiger partial charge in [-0.05, 0) is 37.5 Å². The van der Waals surface area contributed by atoms with Gasteiger partial charge in [0.25, 0.3) is 0 Å². The maximum Gasteiger partial charge on any atom is 0.227 e. The molecule has 0 aromatic heterocycles. The van der Waals surface area contributed by atoms with E-state index in [0.29, 0.717) is 6.42 Å². The molecule has 1 aromatic carbocycles. The quantitative estimate of drug-likeness (QED) is 0.911. The van der Waals surface area contributed by atoms with Gasteiger partial charge in [0.1, 0.15) is 0 Å². The molecule has 1 aliphatic rings. The highest BCUT2D eigenvalue weighted by Crippen LogP contribution is 2.18. The molecule has 3 nitrogen and oxygen atoms in total. The molecular formula is C14H19BrN2O. The van der Waals surface area contributed by atoms with Crippen LogP contribution in [0, 0.1) is 0 Å². The van der Waals surface area contributed by atoms with Crippen LogP contribution in [0.5, 0.6) is 0 Å². The zero-order valence-corrected chi connectivity index (χ0v) is 12.2. The molecule has 0 aliphatic carbocycles. The summed E-state index contributed by atoms with van der Waals surface area (Å²) in [6.07, 6.45) is 2.29. The van der Waals surface area contributed by atoms with Crippen LogP contribution in [-0.4, -0.2) is 29.4 Å². The highest BCUT2D eigenvalue weighted by atomic mass is 79.9. The SMILES string of the molecule is C[C@@H]1C[C@@H](N)CCN1C(=O)Cc1cccc(Br)c1. The van der Waals surface area contributed by atoms with Crippen LogP contribution in [0.25, 0.3) is 0 Å². The number of nitrogens with zero attached hydrogens (tertiary/aromatic N) is 1. The van der Waals surface area contributed by atoms with Gasteiger partial charge in [0.15, 0.2) is 0 Å². The number of likely N-dealkylation sites (tertiary alicyclic amines) is 1. The van der Waals surface area contributed by atoms with Crippen molar-refractivity contribution in [3.8, 4) is 0 Å². The third-order valence-electron chi connectivity index (χ3n) is 3.48. The zero-order chi connectivity index (χ0) is 13.1. The molecule has 1 aromatic rings. The normalized spacial score (nSPS) is 24.1. The van der Waals surface area contributed by atoms with Crippen molar-refractivity contribution in [2.24, 2.45) is 5.73 Å². The van der Waals surface area contributed by atoms with Gasteiger partial charge in [-0.2, -0.15) is 0 Å². The van der Waals surface area contributed by atoms with Gasteiger partial charge in [0.05, 0.1) is 6.42 Å². The molecule has 1 saturated heterocycles. The Hall–Kier alpha value is -0.870. The number of nitrogens with two attached hydrogens (primary N) is 1. The molecule has 2 N–H and O–H groups in total. The molecule has 1 aliphatic heterocycles. The summed E-state index contributed by atoms with van der Waals surface area (Å²) in [7, 11) is 0. The predicted octanol–water partition coefficient (Wildman–Crippen LogP) is 2.33. The predicted molar refractivity (Wildman–Crippen MR) is 76.2 cm³/mol. The largest absolute Gasteiger partial charge is 0.340 e. The monoisotopic (exact) mass is 310 g/mol. The Morgan fingerprint density at radius 3 is 3.00 bits per heavy atom. The van der Waals surface area contributed by atoms with E-state index < -0.39 is 0 Å². The molecule has 0 spiro atoms. The first-order valence-corrected chi connectivity index (χ1v) is 7.15. The van der Waals surface area contributed by atoms with Crippen molar-refractivity contribution in [3.05, 3.63) is 34.3 Å². The van der Waals surface area contributed by atoms with Crippen molar-refractivity contribution in [1.29, 1.82) is 0 Å². The fourth-order valence-electron chi connectivity index (χ4n) is 2.50. The summed E-state index contributed by atoms with van der Waals surface area (Å²) in [6.45, 7) is 2.87. The maximum atomic E-state index is 12.3. The molecule has 1 fully saturated rings. The second-order valence-electron chi connectivity index (χ2n) is 5.03. The number of hydrogen-bond donors (Lipinski definition) is 1. The molecule has 1 heterocycles. The van der Waals surface area contributed by atoms with Crippen LogP contribution in [0.1, 0.15) is 25.3 Å². The smallest absolute Gasteiger partial charge is 0.227 e. The Labute approximate surface area is 116 Å². The van der Waals surface area contributed by atoms with Crippen molar-refractivity contribution in [1.82, 2.24) is 4.90 Å². The van der Waals surface area contributed by atoms with E-state index in [1.807, 2.05) is 29.2 Å². The molecule has 0 unspecified atom stereocenters. The van der Waals surface area contributed by atoms with Crippen LogP contribution >= 0.6 is 15.9 Å². The van der Waals surface area contributed by atoms with Crippen molar-refractivity contribution >= 4 is 21.8 Å². The Balaban J connectivity index is 1.99. The number of carbonyl (C=O) groups excluding carboxylic acids is 1. The van der Waals surface area contributed by atoms with E-state index >= 15 is 0 Å². The fourth-order valence-corrected chi connectivity index (χ4v) is 2.95. The summed E-state index contributed by atoms with van der Waals surface area (Å²) in [5.74, 6) is 0.201. The Morgan fingerprint density at radius 1 is 1.56 bits per heavy atom. The lowest BCUT2D eigenvalue weighted by Gasteiger charge is -2.36. The third kappa shape index (κ3) is 3.33. The molecule has 4 heteroatoms. The lowest BCUT2D eigenvalue weighted by atomic mass is 9.98. The standard InChI is InChI=1S/C14H19BrN2O/c1-10-7-13(16)5-6-17(10)14(18)9-11-3-2-4-12(15)8-11/h2-4,8,10,13H,5-7,9,16H2,1H3/t10-,13+/m1/s1. The molecule has 0 radical (unpaired) electrons. The number of benzene rings is 1. The lowest BCUT2D eigenvalue weighted by molar-refractivity contribution is -0.133. The third-order valence-corrected chi connectivity index (χ3v) is 3.97. The van der Waals surface area contributed by atoms with Crippen LogP contribution in [0.2, 0.25) is 0 Å². The van der Waals surface area contributed by atoms with Crippen molar-refractivity contribution < 1.29 is 4.79 Å². The van der Waals surface area contributed by atoms with Crippen LogP contribution < -0.4 is 5.73 Å². The number of hydrogen-bond acceptors (Lipinski definition) is 2. The minimum absolute atomic E-state index is 0.201. The van der Waals surface area contributed by atoms with Gasteiger partial charge in [-0.1, -0.05) is 28.1 Å². The molecule has 2 rings (SSSR count). The minimum Gasteiger partial charge on any atom is -0.340 e. The van der Waals surface area contributed by atoms with Gasteiger partial charge >= 0.3 is 0 Å². The Morgan fingerprint density at radius 2 is 2.33 bits per heavy atom. The van der Waals surface area contributed by atoms with Gasteiger partial charge < -0.3 is 10.6 Å². The molecule has 18 heavy (non-hydrogen) atoms. The second kappa shape index (κ2) is 5.85. The Bertz CT molecular complexity index is 436. The van der Waals surface area contributed by atoms with E-state index in [2.05, 4.69) is 22.9 Å². The first kappa shape index (κ1) is 13.6. The number of rotatable bonds is 2. The van der Waals surface area contributed by atoms with Crippen LogP contribution in [0.3, 0.4) is 0 Å². The average Bonchev–Trinajstić information content (AvgIpc) is 2.28. The van der Waals surface area contributed by atoms with Gasteiger partial charge in [0, 0.05) is 23.1 Å². The summed E-state index contributed by atoms with van der Waals surface area (Å²) in [6, 6.07) is 8.42. The van der Waals surface area contributed by atoms with Gasteiger partial charge in [-0.25, -0.2) is 0 Å². The highest BCUT2D eigenvalue weighted by molar-refractivity contribution is 9.10. The topological polar surface area (TPSA) is 46.3 Å². The van der Waals surface area contributed by atoms with Crippen LogP contribution in [0.15, 0.2) is 28.7 Å². The summed E-state index contributed by atoms with van der Waals surface area (Å²) >= 11 is 3.43. The maximum absolute atomic E-state index is 12.3. The van der Waals surface area contributed by atoms with Crippen LogP contribution in [0.4, 0.5) is 0 Å². The van der Waals surface area contributed by atoms with E-state index in [1.165, 1.54) is 0 Å². The molecule has 98 valence electrons. The van der Waals surface area contributed by atoms with Gasteiger partial charge in [-0.15, -0.1) is 0 Å². The Kier molecular flexibility index (Phi) is 4.40. The summed E-state index contributed by atoms with van der Waals surface area (Å²) in [5, 5.41) is 0. The van der Waals surface area contributed by atoms with Crippen molar-refractivity contribution in [2.45, 2.75) is 38.3 Å². The first-order chi connectivity index (χ1) is 8.56. The fraction of sp³-hybridized carbons (Fsp3) is 0.500. The number of piperidine rings is 1. The number of halogens is 1. The summed E-state index contributed by atoms with van der Waals surface area (Å²) < 4.78 is 1.02. The van der Waals surface area contributed by atoms with E-state index in [9.17, 15) is 4.79 Å². The van der Waals surface area contributed by atoms with E-state index in [0.717, 1.165) is 29.4 Å². The highest BCUT2D eigenvalue weighted by Gasteiger charge is 2.26. The summed E-state index contributed by atoms with van der Waals surface area (Å²) in [5.41, 5.74) is 6.97. The van der Waals surface area contributed by atoms with Crippen molar-refractivity contribution in [2.75, 3.05) is 6.54 Å². The van der Waals surface area contributed by atoms with Crippen LogP contribution in [-0.2, 0) is 11.2 Å². The van der Waals surface area contributed by atoms with E-state index in [-0.39, 0.29) is 18.0 Å². The molecule has 2 atom stereocenters. The average molecular weight is 311 g/mol. The molecular weight excluding hydrogens is 292 g/mol. The summed E-state index contributed by atoms with van der Waals surface area (Å²) in [4.78, 5) is 14.2. The molecule has 0 saturated carbocycles. The number of carbonyl (C=O) groups is 1. The molecule has 0 bridgehead atoms. The number of amides is 1. The first-order valence-electron chi connectivity index (χ1n) is 6.36. The van der Waals surface area contributed by atoms with Gasteiger partial charge in [-0.3, -0.25) is 4.79 Å².